The highest BCUT2D eigenvalue weighted by Crippen LogP contribution is 2.30. The summed E-state index contributed by atoms with van der Waals surface area (Å²) < 4.78 is 11.5. The fraction of sp³-hybridized carbons (Fsp3) is 0.294. The molecule has 0 bridgehead atoms. The fourth-order valence-corrected chi connectivity index (χ4v) is 2.27. The number of aromatic nitrogens is 1. The van der Waals surface area contributed by atoms with E-state index in [1.165, 1.54) is 0 Å². The summed E-state index contributed by atoms with van der Waals surface area (Å²) in [4.78, 5) is 8.57. The molecule has 0 radical (unpaired) electrons. The van der Waals surface area contributed by atoms with E-state index in [0.717, 1.165) is 23.6 Å². The van der Waals surface area contributed by atoms with Crippen LogP contribution in [0.5, 0.6) is 11.5 Å². The molecule has 0 saturated heterocycles. The highest BCUT2D eigenvalue weighted by Gasteiger charge is 2.20. The number of para-hydroxylation sites is 2. The molecule has 1 unspecified atom stereocenters. The summed E-state index contributed by atoms with van der Waals surface area (Å²) in [5.41, 5.74) is 6.89. The van der Waals surface area contributed by atoms with E-state index in [1.807, 2.05) is 42.5 Å². The molecule has 3 N–H and O–H groups in total. The van der Waals surface area contributed by atoms with Gasteiger partial charge in [0.1, 0.15) is 6.61 Å². The van der Waals surface area contributed by atoms with E-state index in [2.05, 4.69) is 15.3 Å². The number of hydrogen-bond donors (Lipinski definition) is 2. The van der Waals surface area contributed by atoms with Crippen LogP contribution in [-0.4, -0.2) is 36.7 Å². The molecule has 3 rings (SSSR count). The van der Waals surface area contributed by atoms with E-state index in [4.69, 9.17) is 15.2 Å². The van der Waals surface area contributed by atoms with Gasteiger partial charge in [0, 0.05) is 24.9 Å². The van der Waals surface area contributed by atoms with Gasteiger partial charge in [-0.05, 0) is 24.3 Å². The summed E-state index contributed by atoms with van der Waals surface area (Å²) in [5, 5.41) is 3.08. The predicted molar refractivity (Wildman–Crippen MR) is 88.8 cm³/mol. The highest BCUT2D eigenvalue weighted by atomic mass is 16.6. The van der Waals surface area contributed by atoms with Gasteiger partial charge in [-0.25, -0.2) is 4.99 Å². The molecule has 0 aliphatic carbocycles. The maximum Gasteiger partial charge on any atom is 0.188 e. The zero-order valence-electron chi connectivity index (χ0n) is 12.8. The van der Waals surface area contributed by atoms with Gasteiger partial charge in [-0.2, -0.15) is 0 Å². The molecule has 120 valence electrons. The van der Waals surface area contributed by atoms with Crippen LogP contribution in [0.15, 0.2) is 53.7 Å². The molecule has 0 fully saturated rings. The van der Waals surface area contributed by atoms with E-state index in [-0.39, 0.29) is 6.10 Å². The quantitative estimate of drug-likeness (QED) is 0.644. The van der Waals surface area contributed by atoms with Crippen molar-refractivity contribution in [2.75, 3.05) is 19.7 Å². The number of pyridine rings is 1. The standard InChI is InChI=1S/C17H20N4O2/c18-17(20-10-8-13-5-3-4-9-19-13)21-11-14-12-22-15-6-1-2-7-16(15)23-14/h1-7,9,14H,8,10-12H2,(H3,18,20,21). The Balaban J connectivity index is 1.43. The van der Waals surface area contributed by atoms with E-state index in [9.17, 15) is 0 Å². The molecule has 1 aromatic heterocycles. The van der Waals surface area contributed by atoms with E-state index in [1.54, 1.807) is 6.20 Å². The summed E-state index contributed by atoms with van der Waals surface area (Å²) in [6.45, 7) is 1.62. The van der Waals surface area contributed by atoms with Gasteiger partial charge in [0.05, 0.1) is 6.54 Å². The van der Waals surface area contributed by atoms with Crippen LogP contribution in [0, 0.1) is 0 Å². The molecule has 6 nitrogen and oxygen atoms in total. The first-order chi connectivity index (χ1) is 11.3. The Hall–Kier alpha value is -2.76. The molecule has 1 atom stereocenters. The monoisotopic (exact) mass is 312 g/mol. The summed E-state index contributed by atoms with van der Waals surface area (Å²) in [6, 6.07) is 13.5. The van der Waals surface area contributed by atoms with Crippen molar-refractivity contribution in [1.29, 1.82) is 0 Å². The Bertz CT molecular complexity index is 661. The molecule has 2 heterocycles. The minimum atomic E-state index is -0.124. The molecule has 0 amide bonds. The number of ether oxygens (including phenoxy) is 2. The normalized spacial score (nSPS) is 16.9. The average molecular weight is 312 g/mol. The number of hydrogen-bond acceptors (Lipinski definition) is 4. The molecular formula is C17H20N4O2. The fourth-order valence-electron chi connectivity index (χ4n) is 2.27. The Kier molecular flexibility index (Phi) is 4.93. The first-order valence-corrected chi connectivity index (χ1v) is 7.63. The molecule has 1 aromatic carbocycles. The summed E-state index contributed by atoms with van der Waals surface area (Å²) in [7, 11) is 0. The van der Waals surface area contributed by atoms with Crippen molar-refractivity contribution < 1.29 is 9.47 Å². The van der Waals surface area contributed by atoms with Gasteiger partial charge < -0.3 is 20.5 Å². The highest BCUT2D eigenvalue weighted by molar-refractivity contribution is 5.77. The third kappa shape index (κ3) is 4.35. The summed E-state index contributed by atoms with van der Waals surface area (Å²) in [6.07, 6.45) is 2.46. The molecule has 23 heavy (non-hydrogen) atoms. The van der Waals surface area contributed by atoms with Crippen molar-refractivity contribution in [3.63, 3.8) is 0 Å². The van der Waals surface area contributed by atoms with Gasteiger partial charge in [0.2, 0.25) is 0 Å². The minimum absolute atomic E-state index is 0.124. The number of guanidine groups is 1. The van der Waals surface area contributed by atoms with Crippen molar-refractivity contribution >= 4 is 5.96 Å². The molecule has 1 aliphatic rings. The van der Waals surface area contributed by atoms with Gasteiger partial charge in [-0.1, -0.05) is 18.2 Å². The first-order valence-electron chi connectivity index (χ1n) is 7.63. The Morgan fingerprint density at radius 3 is 2.87 bits per heavy atom. The Morgan fingerprint density at radius 1 is 1.22 bits per heavy atom. The molecular weight excluding hydrogens is 292 g/mol. The molecule has 0 saturated carbocycles. The van der Waals surface area contributed by atoms with E-state index >= 15 is 0 Å². The number of rotatable bonds is 5. The number of benzene rings is 1. The molecule has 6 heteroatoms. The SMILES string of the molecule is NC(=NCC1COc2ccccc2O1)NCCc1ccccn1. The largest absolute Gasteiger partial charge is 0.486 e. The minimum Gasteiger partial charge on any atom is -0.486 e. The second-order valence-electron chi connectivity index (χ2n) is 5.22. The zero-order valence-corrected chi connectivity index (χ0v) is 12.8. The van der Waals surface area contributed by atoms with Crippen LogP contribution in [0.1, 0.15) is 5.69 Å². The van der Waals surface area contributed by atoms with Gasteiger partial charge >= 0.3 is 0 Å². The lowest BCUT2D eigenvalue weighted by atomic mass is 10.2. The maximum atomic E-state index is 5.87. The topological polar surface area (TPSA) is 81.8 Å². The van der Waals surface area contributed by atoms with Crippen LogP contribution in [0.25, 0.3) is 0 Å². The van der Waals surface area contributed by atoms with E-state index < -0.39 is 0 Å². The van der Waals surface area contributed by atoms with Crippen LogP contribution in [0.4, 0.5) is 0 Å². The molecule has 1 aliphatic heterocycles. The second kappa shape index (κ2) is 7.49. The lowest BCUT2D eigenvalue weighted by molar-refractivity contribution is 0.0972. The third-order valence-electron chi connectivity index (χ3n) is 3.45. The van der Waals surface area contributed by atoms with Crippen molar-refractivity contribution in [2.24, 2.45) is 10.7 Å². The van der Waals surface area contributed by atoms with Crippen LogP contribution in [0.2, 0.25) is 0 Å². The van der Waals surface area contributed by atoms with Crippen molar-refractivity contribution in [1.82, 2.24) is 10.3 Å². The predicted octanol–water partition coefficient (Wildman–Crippen LogP) is 1.37. The second-order valence-corrected chi connectivity index (χ2v) is 5.22. The first kappa shape index (κ1) is 15.1. The van der Waals surface area contributed by atoms with Gasteiger partial charge in [0.15, 0.2) is 23.6 Å². The van der Waals surface area contributed by atoms with Crippen LogP contribution in [0.3, 0.4) is 0 Å². The zero-order chi connectivity index (χ0) is 15.9. The number of nitrogens with zero attached hydrogens (tertiary/aromatic N) is 2. The summed E-state index contributed by atoms with van der Waals surface area (Å²) >= 11 is 0. The number of fused-ring (bicyclic) bond motifs is 1. The molecule has 2 aromatic rings. The average Bonchev–Trinajstić information content (AvgIpc) is 2.61. The Labute approximate surface area is 135 Å². The van der Waals surface area contributed by atoms with Crippen LogP contribution < -0.4 is 20.5 Å². The molecule has 0 spiro atoms. The van der Waals surface area contributed by atoms with Crippen molar-refractivity contribution in [3.8, 4) is 11.5 Å². The number of nitrogens with one attached hydrogen (secondary N) is 1. The van der Waals surface area contributed by atoms with Gasteiger partial charge in [-0.15, -0.1) is 0 Å². The van der Waals surface area contributed by atoms with Crippen molar-refractivity contribution in [2.45, 2.75) is 12.5 Å². The number of nitrogens with two attached hydrogens (primary N) is 1. The van der Waals surface area contributed by atoms with Gasteiger partial charge in [0.25, 0.3) is 0 Å². The van der Waals surface area contributed by atoms with Crippen LogP contribution >= 0.6 is 0 Å². The third-order valence-corrected chi connectivity index (χ3v) is 3.45. The smallest absolute Gasteiger partial charge is 0.188 e. The van der Waals surface area contributed by atoms with Gasteiger partial charge in [-0.3, -0.25) is 4.98 Å². The summed E-state index contributed by atoms with van der Waals surface area (Å²) in [5.74, 6) is 1.93. The Morgan fingerprint density at radius 2 is 2.04 bits per heavy atom. The lowest BCUT2D eigenvalue weighted by Crippen LogP contribution is -2.36. The lowest BCUT2D eigenvalue weighted by Gasteiger charge is -2.25. The van der Waals surface area contributed by atoms with E-state index in [0.29, 0.717) is 25.7 Å². The maximum absolute atomic E-state index is 5.87. The van der Waals surface area contributed by atoms with Crippen LogP contribution in [-0.2, 0) is 6.42 Å². The number of aliphatic imine (C=N–C) groups is 1. The van der Waals surface area contributed by atoms with Crippen molar-refractivity contribution in [3.05, 3.63) is 54.4 Å².